The van der Waals surface area contributed by atoms with E-state index < -0.39 is 30.6 Å². The number of aryl methyl sites for hydroxylation is 5. The number of hydrogen-bond donors (Lipinski definition) is 1. The zero-order chi connectivity index (χ0) is 33.3. The van der Waals surface area contributed by atoms with E-state index in [9.17, 15) is 26.4 Å². The molecule has 0 spiro atoms. The number of alkyl halides is 1. The second-order valence-electron chi connectivity index (χ2n) is 7.86. The predicted octanol–water partition coefficient (Wildman–Crippen LogP) is 4.55. The van der Waals surface area contributed by atoms with Crippen LogP contribution in [0.2, 0.25) is 0 Å². The Kier molecular flexibility index (Phi) is 13.2. The summed E-state index contributed by atoms with van der Waals surface area (Å²) in [6.07, 6.45) is 2.25. The highest BCUT2D eigenvalue weighted by Gasteiger charge is 2.32. The number of oxazole rings is 2. The van der Waals surface area contributed by atoms with E-state index in [1.165, 1.54) is 34.1 Å². The first-order valence-electron chi connectivity index (χ1n) is 11.7. The van der Waals surface area contributed by atoms with Crippen LogP contribution in [-0.2, 0) is 31.9 Å². The van der Waals surface area contributed by atoms with Gasteiger partial charge in [-0.3, -0.25) is 0 Å². The van der Waals surface area contributed by atoms with Crippen LogP contribution in [0.15, 0.2) is 37.3 Å². The number of aromatic amines is 1. The maximum atomic E-state index is 12.6. The molecule has 0 unspecified atom stereocenters. The van der Waals surface area contributed by atoms with E-state index in [0.29, 0.717) is 16.1 Å². The number of aromatic nitrogens is 4. The highest BCUT2D eigenvalue weighted by atomic mass is 35.7. The maximum absolute atomic E-state index is 12.6. The minimum absolute atomic E-state index is 0.00463. The third-order valence-electron chi connectivity index (χ3n) is 5.11. The fourth-order valence-corrected chi connectivity index (χ4v) is 6.60. The molecule has 0 radical (unpaired) electrons. The van der Waals surface area contributed by atoms with Gasteiger partial charge in [-0.15, -0.1) is 11.6 Å². The van der Waals surface area contributed by atoms with Crippen LogP contribution < -0.4 is 11.5 Å². The molecule has 0 amide bonds. The zero-order valence-electron chi connectivity index (χ0n) is 23.8. The van der Waals surface area contributed by atoms with Gasteiger partial charge in [0.1, 0.15) is 16.3 Å². The van der Waals surface area contributed by atoms with Gasteiger partial charge in [-0.25, -0.2) is 26.4 Å². The van der Waals surface area contributed by atoms with E-state index in [1.54, 1.807) is 6.92 Å². The molecule has 0 atom stereocenters. The van der Waals surface area contributed by atoms with E-state index in [-0.39, 0.29) is 56.6 Å². The molecule has 0 aliphatic carbocycles. The average Bonchev–Trinajstić information content (AvgIpc) is 3.69. The lowest BCUT2D eigenvalue weighted by atomic mass is 10.3. The number of halogens is 2. The van der Waals surface area contributed by atoms with Crippen molar-refractivity contribution in [2.75, 3.05) is 6.38 Å². The van der Waals surface area contributed by atoms with Gasteiger partial charge in [0, 0.05) is 17.1 Å². The Hall–Kier alpha value is -4.10. The molecular weight excluding hydrogens is 655 g/mol. The molecule has 1 N–H and O–H groups in total. The largest absolute Gasteiger partial charge is 0.434 e. The second-order valence-corrected chi connectivity index (χ2v) is 12.1. The first kappa shape index (κ1) is 36.9. The molecule has 16 nitrogen and oxygen atoms in total. The smallest absolute Gasteiger partial charge is 0.419 e. The zero-order valence-corrected chi connectivity index (χ0v) is 27.0. The van der Waals surface area contributed by atoms with E-state index in [4.69, 9.17) is 28.3 Å². The summed E-state index contributed by atoms with van der Waals surface area (Å²) in [5, 5.41) is 7.00. The lowest BCUT2D eigenvalue weighted by Gasteiger charge is -2.06. The second kappa shape index (κ2) is 15.4. The molecule has 0 aliphatic heterocycles. The molecule has 0 fully saturated rings. The summed E-state index contributed by atoms with van der Waals surface area (Å²) in [4.78, 5) is 30.5. The van der Waals surface area contributed by atoms with Crippen LogP contribution in [0.4, 0.5) is 11.8 Å². The molecule has 4 rings (SSSR count). The SMILES string of the molecule is CCl.Cc1noc(C)c1S(=O)(=O)Cl.[C-]#[N+]c1oc(=O)[nH]c1CC.[C-]#[N+]c1oc(=O)n(S(=O)(=O)c2c(C)noc2C)c1CC. The summed E-state index contributed by atoms with van der Waals surface area (Å²) >= 11 is 4.64. The van der Waals surface area contributed by atoms with E-state index in [2.05, 4.69) is 49.9 Å². The van der Waals surface area contributed by atoms with Gasteiger partial charge in [-0.1, -0.05) is 24.2 Å². The van der Waals surface area contributed by atoms with Gasteiger partial charge in [-0.05, 0) is 40.5 Å². The monoisotopic (exact) mass is 680 g/mol. The molecule has 20 heteroatoms. The van der Waals surface area contributed by atoms with Crippen molar-refractivity contribution in [1.29, 1.82) is 0 Å². The van der Waals surface area contributed by atoms with Crippen molar-refractivity contribution < 1.29 is 34.7 Å². The van der Waals surface area contributed by atoms with Crippen LogP contribution in [0.1, 0.15) is 48.1 Å². The Bertz CT molecular complexity index is 1940. The normalized spacial score (nSPS) is 10.7. The third-order valence-corrected chi connectivity index (χ3v) is 8.59. The Morgan fingerprint density at radius 1 is 0.837 bits per heavy atom. The summed E-state index contributed by atoms with van der Waals surface area (Å²) < 4.78 is 65.8. The lowest BCUT2D eigenvalue weighted by molar-refractivity contribution is 0.390. The summed E-state index contributed by atoms with van der Waals surface area (Å²) in [6, 6.07) is 0. The van der Waals surface area contributed by atoms with Crippen LogP contribution in [0.5, 0.6) is 0 Å². The number of rotatable bonds is 5. The van der Waals surface area contributed by atoms with Crippen LogP contribution in [0, 0.1) is 40.8 Å². The summed E-state index contributed by atoms with van der Waals surface area (Å²) in [7, 11) is -2.83. The quantitative estimate of drug-likeness (QED) is 0.175. The number of nitrogens with one attached hydrogen (secondary N) is 1. The minimum atomic E-state index is -4.21. The first-order valence-corrected chi connectivity index (χ1v) is 16.2. The molecule has 234 valence electrons. The van der Waals surface area contributed by atoms with Gasteiger partial charge in [-0.2, -0.15) is 13.7 Å². The predicted molar refractivity (Wildman–Crippen MR) is 153 cm³/mol. The number of H-pyrrole nitrogens is 1. The highest BCUT2D eigenvalue weighted by Crippen LogP contribution is 2.26. The molecule has 43 heavy (non-hydrogen) atoms. The Morgan fingerprint density at radius 3 is 1.65 bits per heavy atom. The van der Waals surface area contributed by atoms with Crippen molar-refractivity contribution in [3.63, 3.8) is 0 Å². The molecule has 0 aromatic carbocycles. The van der Waals surface area contributed by atoms with Gasteiger partial charge >= 0.3 is 23.3 Å². The fourth-order valence-electron chi connectivity index (χ4n) is 3.44. The number of hydrogen-bond acceptors (Lipinski definition) is 12. The van der Waals surface area contributed by atoms with E-state index in [1.807, 2.05) is 6.92 Å². The lowest BCUT2D eigenvalue weighted by Crippen LogP contribution is -2.26. The first-order chi connectivity index (χ1) is 20.0. The summed E-state index contributed by atoms with van der Waals surface area (Å²) in [5.41, 5.74) is 1.00. The van der Waals surface area contributed by atoms with Crippen molar-refractivity contribution >= 4 is 53.1 Å². The van der Waals surface area contributed by atoms with Gasteiger partial charge < -0.3 is 22.9 Å². The fraction of sp³-hybridized carbons (Fsp3) is 0.391. The van der Waals surface area contributed by atoms with Crippen LogP contribution in [-0.4, -0.2) is 42.5 Å². The minimum Gasteiger partial charge on any atom is -0.434 e. The van der Waals surface area contributed by atoms with Crippen LogP contribution >= 0.6 is 22.3 Å². The van der Waals surface area contributed by atoms with Crippen molar-refractivity contribution in [2.45, 2.75) is 64.2 Å². The van der Waals surface area contributed by atoms with Crippen LogP contribution in [0.25, 0.3) is 9.69 Å². The van der Waals surface area contributed by atoms with E-state index in [0.717, 1.165) is 0 Å². The van der Waals surface area contributed by atoms with Crippen molar-refractivity contribution in [2.24, 2.45) is 0 Å². The topological polar surface area (TPSA) is 210 Å². The standard InChI is InChI=1S/C11H11N3O5S.C6H6N2O2.C5H6ClNO3S.CH3Cl/c1-5-8-10(12-4)18-11(15)14(8)20(16,17)9-6(2)13-19-7(9)3;1-3-4-5(7-2)10-6(9)8-4;1-3-5(11(6,8)9)4(2)10-7-3;1-2/h5H2,1-3H3;3H2,1H3,(H,8,9);1-2H3;1H3. The molecule has 4 aromatic heterocycles. The van der Waals surface area contributed by atoms with Gasteiger partial charge in [0.25, 0.3) is 19.1 Å². The summed E-state index contributed by atoms with van der Waals surface area (Å²) in [6.45, 7) is 22.9. The van der Waals surface area contributed by atoms with Crippen LogP contribution in [0.3, 0.4) is 0 Å². The Labute approximate surface area is 255 Å². The van der Waals surface area contributed by atoms with E-state index >= 15 is 0 Å². The third kappa shape index (κ3) is 8.48. The molecule has 4 heterocycles. The van der Waals surface area contributed by atoms with Crippen molar-refractivity contribution in [3.8, 4) is 0 Å². The van der Waals surface area contributed by atoms with Crippen molar-refractivity contribution in [1.82, 2.24) is 19.3 Å². The van der Waals surface area contributed by atoms with Gasteiger partial charge in [0.15, 0.2) is 16.4 Å². The van der Waals surface area contributed by atoms with Gasteiger partial charge in [0.05, 0.1) is 24.5 Å². The Balaban J connectivity index is 0.000000341. The Morgan fingerprint density at radius 2 is 1.33 bits per heavy atom. The summed E-state index contributed by atoms with van der Waals surface area (Å²) in [5.74, 6) is -1.63. The molecule has 0 saturated carbocycles. The maximum Gasteiger partial charge on any atom is 0.419 e. The molecule has 0 bridgehead atoms. The molecule has 0 saturated heterocycles. The number of nitrogens with zero attached hydrogens (tertiary/aromatic N) is 5. The highest BCUT2D eigenvalue weighted by molar-refractivity contribution is 8.13. The molecule has 0 aliphatic rings. The molecule has 4 aromatic rings. The average molecular weight is 682 g/mol. The van der Waals surface area contributed by atoms with Crippen molar-refractivity contribution in [3.05, 3.63) is 78.2 Å². The molecular formula is C23H26Cl2N6O10S2. The van der Waals surface area contributed by atoms with Gasteiger partial charge in [0.2, 0.25) is 0 Å².